The normalized spacial score (nSPS) is 29.3. The summed E-state index contributed by atoms with van der Waals surface area (Å²) >= 11 is 0. The Kier molecular flexibility index (Phi) is 11.8. The summed E-state index contributed by atoms with van der Waals surface area (Å²) in [5.41, 5.74) is -1.34. The summed E-state index contributed by atoms with van der Waals surface area (Å²) in [5, 5.41) is 4.82. The van der Waals surface area contributed by atoms with Crippen LogP contribution in [0.5, 0.6) is 0 Å². The Morgan fingerprint density at radius 3 is 2.56 bits per heavy atom. The quantitative estimate of drug-likeness (QED) is 0.346. The van der Waals surface area contributed by atoms with Gasteiger partial charge in [0.1, 0.15) is 35.1 Å². The molecule has 15 nitrogen and oxygen atoms in total. The fraction of sp³-hybridized carbons (Fsp3) is 0.658. The zero-order valence-corrected chi connectivity index (χ0v) is 32.6. The first-order valence-electron chi connectivity index (χ1n) is 19.1. The fourth-order valence-electron chi connectivity index (χ4n) is 7.77. The van der Waals surface area contributed by atoms with Crippen molar-refractivity contribution in [2.45, 2.75) is 126 Å². The summed E-state index contributed by atoms with van der Waals surface area (Å²) in [6, 6.07) is 1.67. The maximum atomic E-state index is 14.7. The lowest BCUT2D eigenvalue weighted by Gasteiger charge is -2.36. The Morgan fingerprint density at radius 2 is 1.85 bits per heavy atom. The Balaban J connectivity index is 1.27. The summed E-state index contributed by atoms with van der Waals surface area (Å²) in [6.45, 7) is 5.08. The van der Waals surface area contributed by atoms with Crippen LogP contribution in [0, 0.1) is 11.7 Å². The van der Waals surface area contributed by atoms with Crippen LogP contribution in [0.25, 0.3) is 0 Å². The summed E-state index contributed by atoms with van der Waals surface area (Å²) in [5.74, 6) is -3.04. The van der Waals surface area contributed by atoms with E-state index in [1.165, 1.54) is 23.0 Å². The Morgan fingerprint density at radius 1 is 1.09 bits per heavy atom. The molecule has 55 heavy (non-hydrogen) atoms. The maximum absolute atomic E-state index is 14.7. The van der Waals surface area contributed by atoms with Gasteiger partial charge >= 0.3 is 12.2 Å². The maximum Gasteiger partial charge on any atom is 0.410 e. The molecule has 0 radical (unpaired) electrons. The second-order valence-corrected chi connectivity index (χ2v) is 18.1. The second-order valence-electron chi connectivity index (χ2n) is 16.2. The van der Waals surface area contributed by atoms with Crippen LogP contribution in [-0.4, -0.2) is 110 Å². The number of allylic oxidation sites excluding steroid dienone is 1. The smallest absolute Gasteiger partial charge is 0.410 e. The van der Waals surface area contributed by atoms with Crippen LogP contribution < -0.4 is 15.4 Å². The van der Waals surface area contributed by atoms with Gasteiger partial charge in [-0.2, -0.15) is 0 Å². The molecule has 0 aromatic heterocycles. The molecule has 2 saturated carbocycles. The summed E-state index contributed by atoms with van der Waals surface area (Å²) in [6.07, 6.45) is 5.25. The molecule has 3 N–H and O–H groups in total. The molecule has 0 spiro atoms. The number of ether oxygens (including phenoxy) is 3. The molecule has 6 atom stereocenters. The largest absolute Gasteiger partial charge is 0.444 e. The zero-order chi connectivity index (χ0) is 39.7. The van der Waals surface area contributed by atoms with Crippen molar-refractivity contribution in [1.29, 1.82) is 0 Å². The predicted molar refractivity (Wildman–Crippen MR) is 196 cm³/mol. The van der Waals surface area contributed by atoms with Crippen LogP contribution in [0.4, 0.5) is 14.0 Å². The molecule has 1 aromatic rings. The number of benzene rings is 1. The number of carbonyl (C=O) groups is 5. The SMILES string of the molecule is COC[C@@H]1c2cccc(F)c2CCN1C(=O)O[C@@H]1CC2C(=O)N[C@]3(C(=O)NS(=O)(=O)C4CC4)C[C@H]3/C=C/CCCCC[C@H](NC(=O)OC(C)(C)C)C(=O)N2C1. The number of amides is 5. The summed E-state index contributed by atoms with van der Waals surface area (Å²) < 4.78 is 59.3. The Hall–Kier alpha value is -4.25. The molecule has 3 aliphatic heterocycles. The van der Waals surface area contributed by atoms with E-state index in [1.54, 1.807) is 32.9 Å². The Labute approximate surface area is 321 Å². The molecule has 3 heterocycles. The van der Waals surface area contributed by atoms with E-state index in [0.717, 1.165) is 6.42 Å². The third kappa shape index (κ3) is 9.25. The average molecular weight is 790 g/mol. The van der Waals surface area contributed by atoms with Crippen molar-refractivity contribution in [1.82, 2.24) is 25.2 Å². The lowest BCUT2D eigenvalue weighted by atomic mass is 9.93. The molecule has 0 bridgehead atoms. The fourth-order valence-corrected chi connectivity index (χ4v) is 9.13. The molecule has 1 saturated heterocycles. The van der Waals surface area contributed by atoms with Crippen molar-refractivity contribution in [2.24, 2.45) is 5.92 Å². The van der Waals surface area contributed by atoms with Gasteiger partial charge in [-0.05, 0) is 82.9 Å². The van der Waals surface area contributed by atoms with Gasteiger partial charge in [-0.15, -0.1) is 0 Å². The number of alkyl carbamates (subject to hydrolysis) is 1. The Bertz CT molecular complexity index is 1810. The number of hydrogen-bond acceptors (Lipinski definition) is 10. The molecule has 1 unspecified atom stereocenters. The highest BCUT2D eigenvalue weighted by molar-refractivity contribution is 7.91. The molecule has 302 valence electrons. The number of methoxy groups -OCH3 is 1. The molecule has 2 aliphatic carbocycles. The zero-order valence-electron chi connectivity index (χ0n) is 31.8. The highest BCUT2D eigenvalue weighted by Gasteiger charge is 2.62. The minimum Gasteiger partial charge on any atom is -0.444 e. The number of hydrogen-bond donors (Lipinski definition) is 3. The molecule has 1 aromatic carbocycles. The van der Waals surface area contributed by atoms with E-state index >= 15 is 0 Å². The monoisotopic (exact) mass is 789 g/mol. The van der Waals surface area contributed by atoms with E-state index in [2.05, 4.69) is 15.4 Å². The number of nitrogens with one attached hydrogen (secondary N) is 3. The summed E-state index contributed by atoms with van der Waals surface area (Å²) in [4.78, 5) is 71.9. The minimum atomic E-state index is -3.93. The van der Waals surface area contributed by atoms with Gasteiger partial charge in [-0.1, -0.05) is 37.1 Å². The average Bonchev–Trinajstić information content (AvgIpc) is 4.03. The third-order valence-electron chi connectivity index (χ3n) is 10.9. The molecular formula is C38H52FN5O10S. The molecular weight excluding hydrogens is 738 g/mol. The van der Waals surface area contributed by atoms with Gasteiger partial charge in [0.05, 0.1) is 24.4 Å². The van der Waals surface area contributed by atoms with Crippen molar-refractivity contribution in [3.05, 3.63) is 47.3 Å². The van der Waals surface area contributed by atoms with E-state index in [1.807, 2.05) is 12.2 Å². The highest BCUT2D eigenvalue weighted by atomic mass is 32.2. The van der Waals surface area contributed by atoms with Crippen LogP contribution >= 0.6 is 0 Å². The van der Waals surface area contributed by atoms with Crippen molar-refractivity contribution >= 4 is 39.9 Å². The molecule has 6 rings (SSSR count). The van der Waals surface area contributed by atoms with Crippen LogP contribution in [-0.2, 0) is 45.0 Å². The lowest BCUT2D eigenvalue weighted by Crippen LogP contribution is -2.58. The van der Waals surface area contributed by atoms with Gasteiger partial charge in [-0.3, -0.25) is 24.0 Å². The molecule has 5 amide bonds. The van der Waals surface area contributed by atoms with E-state index in [-0.39, 0.29) is 51.2 Å². The van der Waals surface area contributed by atoms with E-state index in [4.69, 9.17) is 14.2 Å². The highest BCUT2D eigenvalue weighted by Crippen LogP contribution is 2.46. The van der Waals surface area contributed by atoms with Gasteiger partial charge in [-0.25, -0.2) is 22.4 Å². The van der Waals surface area contributed by atoms with Crippen LogP contribution in [0.3, 0.4) is 0 Å². The standard InChI is InChI=1S/C38H52FN5O10S/c1-37(2,3)54-35(48)40-29-14-9-7-5-6-8-11-23-20-38(23,34(47)42-55(50,51)25-15-16-25)41-32(45)30-19-24(21-44(30)33(29)46)53-36(49)43-18-17-26-27(31(43)22-52-4)12-10-13-28(26)39/h8,10-13,23-25,29-31H,5-7,9,14-22H2,1-4H3,(H,40,48)(H,41,45)(H,42,47)/b11-8+/t23-,24-,29+,30?,31-,38-/m1/s1. The number of fused-ring (bicyclic) bond motifs is 3. The second kappa shape index (κ2) is 16.1. The lowest BCUT2D eigenvalue weighted by molar-refractivity contribution is -0.141. The van der Waals surface area contributed by atoms with Crippen molar-refractivity contribution in [2.75, 3.05) is 26.8 Å². The first-order chi connectivity index (χ1) is 26.0. The van der Waals surface area contributed by atoms with E-state index in [0.29, 0.717) is 43.2 Å². The van der Waals surface area contributed by atoms with E-state index in [9.17, 15) is 36.8 Å². The molecule has 17 heteroatoms. The van der Waals surface area contributed by atoms with Gasteiger partial charge in [0.15, 0.2) is 0 Å². The first kappa shape index (κ1) is 40.4. The number of sulfonamides is 1. The third-order valence-corrected chi connectivity index (χ3v) is 12.7. The number of nitrogens with zero attached hydrogens (tertiary/aromatic N) is 2. The van der Waals surface area contributed by atoms with Crippen molar-refractivity contribution in [3.8, 4) is 0 Å². The predicted octanol–water partition coefficient (Wildman–Crippen LogP) is 3.37. The number of carbonyl (C=O) groups excluding carboxylic acids is 5. The van der Waals surface area contributed by atoms with E-state index < -0.39 is 86.5 Å². The van der Waals surface area contributed by atoms with Crippen molar-refractivity contribution < 1.29 is 51.0 Å². The molecule has 5 aliphatic rings. The van der Waals surface area contributed by atoms with Gasteiger partial charge < -0.3 is 29.7 Å². The number of rotatable bonds is 7. The van der Waals surface area contributed by atoms with Gasteiger partial charge in [0.2, 0.25) is 21.8 Å². The van der Waals surface area contributed by atoms with Crippen LogP contribution in [0.1, 0.15) is 95.7 Å². The van der Waals surface area contributed by atoms with Gasteiger partial charge in [0, 0.05) is 26.0 Å². The van der Waals surface area contributed by atoms with Crippen molar-refractivity contribution in [3.63, 3.8) is 0 Å². The summed E-state index contributed by atoms with van der Waals surface area (Å²) in [7, 11) is -2.46. The van der Waals surface area contributed by atoms with Gasteiger partial charge in [0.25, 0.3) is 5.91 Å². The first-order valence-corrected chi connectivity index (χ1v) is 20.7. The minimum absolute atomic E-state index is 0.0695. The topological polar surface area (TPSA) is 190 Å². The molecule has 3 fully saturated rings. The number of halogens is 1. The van der Waals surface area contributed by atoms with Crippen LogP contribution in [0.15, 0.2) is 30.4 Å². The van der Waals surface area contributed by atoms with Crippen LogP contribution in [0.2, 0.25) is 0 Å².